The molecule has 0 aliphatic heterocycles. The van der Waals surface area contributed by atoms with Gasteiger partial charge < -0.3 is 5.73 Å². The van der Waals surface area contributed by atoms with Crippen LogP contribution in [-0.2, 0) is 6.42 Å². The second kappa shape index (κ2) is 5.08. The van der Waals surface area contributed by atoms with Crippen LogP contribution in [0.2, 0.25) is 0 Å². The van der Waals surface area contributed by atoms with E-state index in [1.54, 1.807) is 0 Å². The van der Waals surface area contributed by atoms with Crippen molar-refractivity contribution in [1.82, 2.24) is 0 Å². The van der Waals surface area contributed by atoms with Gasteiger partial charge in [0.1, 0.15) is 6.04 Å². The summed E-state index contributed by atoms with van der Waals surface area (Å²) in [4.78, 5) is 0. The number of nitrogens with two attached hydrogens (primary N) is 1. The van der Waals surface area contributed by atoms with E-state index in [0.29, 0.717) is 6.42 Å². The molecular formula is C13H18F3N. The highest BCUT2D eigenvalue weighted by molar-refractivity contribution is 5.37. The first-order valence-electron chi connectivity index (χ1n) is 5.61. The Labute approximate surface area is 99.8 Å². The third kappa shape index (κ3) is 3.73. The van der Waals surface area contributed by atoms with E-state index in [-0.39, 0.29) is 6.42 Å². The van der Waals surface area contributed by atoms with Crippen molar-refractivity contribution < 1.29 is 13.2 Å². The maximum atomic E-state index is 12.3. The van der Waals surface area contributed by atoms with Gasteiger partial charge in [0, 0.05) is 0 Å². The standard InChI is InChI=1S/C13H18F3N/c1-8-6-9(2)11(10(3)7-8)4-5-12(17)13(14,15)16/h6-7,12H,4-5,17H2,1-3H3. The predicted molar refractivity (Wildman–Crippen MR) is 63.0 cm³/mol. The van der Waals surface area contributed by atoms with E-state index in [2.05, 4.69) is 0 Å². The summed E-state index contributed by atoms with van der Waals surface area (Å²) in [6.45, 7) is 5.83. The fraction of sp³-hybridized carbons (Fsp3) is 0.538. The summed E-state index contributed by atoms with van der Waals surface area (Å²) in [6.07, 6.45) is -3.99. The lowest BCUT2D eigenvalue weighted by Gasteiger charge is -2.17. The molecule has 0 radical (unpaired) electrons. The van der Waals surface area contributed by atoms with Crippen molar-refractivity contribution in [3.63, 3.8) is 0 Å². The normalized spacial score (nSPS) is 13.8. The highest BCUT2D eigenvalue weighted by atomic mass is 19.4. The number of hydrogen-bond donors (Lipinski definition) is 1. The molecule has 1 aromatic rings. The van der Waals surface area contributed by atoms with Crippen LogP contribution in [0.25, 0.3) is 0 Å². The van der Waals surface area contributed by atoms with E-state index in [1.165, 1.54) is 0 Å². The summed E-state index contributed by atoms with van der Waals surface area (Å²) in [5.74, 6) is 0. The van der Waals surface area contributed by atoms with Gasteiger partial charge in [0.2, 0.25) is 0 Å². The van der Waals surface area contributed by atoms with Crippen molar-refractivity contribution in [3.8, 4) is 0 Å². The molecule has 1 aromatic carbocycles. The van der Waals surface area contributed by atoms with Crippen LogP contribution in [-0.4, -0.2) is 12.2 Å². The number of aryl methyl sites for hydroxylation is 3. The van der Waals surface area contributed by atoms with Gasteiger partial charge >= 0.3 is 6.18 Å². The maximum absolute atomic E-state index is 12.3. The molecule has 0 aromatic heterocycles. The first kappa shape index (κ1) is 14.0. The lowest BCUT2D eigenvalue weighted by molar-refractivity contribution is -0.148. The van der Waals surface area contributed by atoms with Gasteiger partial charge in [0.15, 0.2) is 0 Å². The van der Waals surface area contributed by atoms with Gasteiger partial charge in [-0.1, -0.05) is 17.7 Å². The molecular weight excluding hydrogens is 227 g/mol. The molecule has 1 rings (SSSR count). The van der Waals surface area contributed by atoms with Crippen molar-refractivity contribution in [1.29, 1.82) is 0 Å². The highest BCUT2D eigenvalue weighted by Crippen LogP contribution is 2.24. The monoisotopic (exact) mass is 245 g/mol. The molecule has 1 nitrogen and oxygen atoms in total. The highest BCUT2D eigenvalue weighted by Gasteiger charge is 2.36. The third-order valence-corrected chi connectivity index (χ3v) is 2.97. The number of hydrogen-bond acceptors (Lipinski definition) is 1. The van der Waals surface area contributed by atoms with Crippen molar-refractivity contribution >= 4 is 0 Å². The fourth-order valence-electron chi connectivity index (χ4n) is 2.07. The van der Waals surface area contributed by atoms with E-state index in [0.717, 1.165) is 22.3 Å². The van der Waals surface area contributed by atoms with E-state index < -0.39 is 12.2 Å². The Morgan fingerprint density at radius 1 is 1.12 bits per heavy atom. The molecule has 96 valence electrons. The average molecular weight is 245 g/mol. The largest absolute Gasteiger partial charge is 0.403 e. The zero-order valence-corrected chi connectivity index (χ0v) is 10.4. The number of benzene rings is 1. The van der Waals surface area contributed by atoms with Crippen molar-refractivity contribution in [2.45, 2.75) is 45.8 Å². The third-order valence-electron chi connectivity index (χ3n) is 2.97. The van der Waals surface area contributed by atoms with Crippen LogP contribution >= 0.6 is 0 Å². The van der Waals surface area contributed by atoms with Crippen LogP contribution in [0.3, 0.4) is 0 Å². The molecule has 1 unspecified atom stereocenters. The number of alkyl halides is 3. The second-order valence-corrected chi connectivity index (χ2v) is 4.56. The van der Waals surface area contributed by atoms with Gasteiger partial charge in [-0.2, -0.15) is 13.2 Å². The second-order valence-electron chi connectivity index (χ2n) is 4.56. The van der Waals surface area contributed by atoms with Gasteiger partial charge in [-0.15, -0.1) is 0 Å². The Balaban J connectivity index is 2.77. The quantitative estimate of drug-likeness (QED) is 0.867. The van der Waals surface area contributed by atoms with Gasteiger partial charge in [-0.05, 0) is 50.3 Å². The van der Waals surface area contributed by atoms with Crippen LogP contribution < -0.4 is 5.73 Å². The van der Waals surface area contributed by atoms with Crippen LogP contribution in [0, 0.1) is 20.8 Å². The minimum absolute atomic E-state index is 0.0613. The molecule has 17 heavy (non-hydrogen) atoms. The Hall–Kier alpha value is -1.03. The molecule has 2 N–H and O–H groups in total. The molecule has 0 spiro atoms. The molecule has 0 saturated heterocycles. The molecule has 1 atom stereocenters. The zero-order chi connectivity index (χ0) is 13.2. The first-order chi connectivity index (χ1) is 7.71. The van der Waals surface area contributed by atoms with Crippen molar-refractivity contribution in [3.05, 3.63) is 34.4 Å². The summed E-state index contributed by atoms with van der Waals surface area (Å²) in [7, 11) is 0. The molecule has 0 fully saturated rings. The smallest absolute Gasteiger partial charge is 0.320 e. The molecule has 0 aliphatic carbocycles. The minimum Gasteiger partial charge on any atom is -0.320 e. The predicted octanol–water partition coefficient (Wildman–Crippen LogP) is 3.43. The molecule has 0 saturated carbocycles. The lowest BCUT2D eigenvalue weighted by Crippen LogP contribution is -2.37. The SMILES string of the molecule is Cc1cc(C)c(CCC(N)C(F)(F)F)c(C)c1. The van der Waals surface area contributed by atoms with E-state index in [9.17, 15) is 13.2 Å². The molecule has 4 heteroatoms. The van der Waals surface area contributed by atoms with Gasteiger partial charge in [-0.25, -0.2) is 0 Å². The maximum Gasteiger partial charge on any atom is 0.403 e. The minimum atomic E-state index is -4.30. The summed E-state index contributed by atoms with van der Waals surface area (Å²) < 4.78 is 36.9. The topological polar surface area (TPSA) is 26.0 Å². The Morgan fingerprint density at radius 2 is 1.59 bits per heavy atom. The summed E-state index contributed by atoms with van der Waals surface area (Å²) in [5, 5.41) is 0. The summed E-state index contributed by atoms with van der Waals surface area (Å²) in [5.41, 5.74) is 9.29. The summed E-state index contributed by atoms with van der Waals surface area (Å²) >= 11 is 0. The first-order valence-corrected chi connectivity index (χ1v) is 5.61. The van der Waals surface area contributed by atoms with Crippen molar-refractivity contribution in [2.24, 2.45) is 5.73 Å². The van der Waals surface area contributed by atoms with Crippen LogP contribution in [0.4, 0.5) is 13.2 Å². The average Bonchev–Trinajstić information content (AvgIpc) is 2.13. The van der Waals surface area contributed by atoms with E-state index >= 15 is 0 Å². The Bertz CT molecular complexity index is 373. The molecule has 0 amide bonds. The van der Waals surface area contributed by atoms with Gasteiger partial charge in [0.05, 0.1) is 0 Å². The van der Waals surface area contributed by atoms with Crippen LogP contribution in [0.15, 0.2) is 12.1 Å². The van der Waals surface area contributed by atoms with E-state index in [1.807, 2.05) is 32.9 Å². The molecule has 0 heterocycles. The number of rotatable bonds is 3. The fourth-order valence-corrected chi connectivity index (χ4v) is 2.07. The summed E-state index contributed by atoms with van der Waals surface area (Å²) in [6, 6.07) is 2.24. The molecule has 0 bridgehead atoms. The molecule has 0 aliphatic rings. The lowest BCUT2D eigenvalue weighted by atomic mass is 9.95. The number of halogens is 3. The van der Waals surface area contributed by atoms with Gasteiger partial charge in [0.25, 0.3) is 0 Å². The van der Waals surface area contributed by atoms with Crippen LogP contribution in [0.1, 0.15) is 28.7 Å². The zero-order valence-electron chi connectivity index (χ0n) is 10.4. The van der Waals surface area contributed by atoms with Gasteiger partial charge in [-0.3, -0.25) is 0 Å². The van der Waals surface area contributed by atoms with Crippen LogP contribution in [0.5, 0.6) is 0 Å². The Morgan fingerprint density at radius 3 is 2.00 bits per heavy atom. The van der Waals surface area contributed by atoms with Crippen molar-refractivity contribution in [2.75, 3.05) is 0 Å². The Kier molecular flexibility index (Phi) is 4.20. The van der Waals surface area contributed by atoms with E-state index in [4.69, 9.17) is 5.73 Å².